The molecule has 12 heavy (non-hydrogen) atoms. The maximum atomic E-state index is 11.0. The van der Waals surface area contributed by atoms with Gasteiger partial charge in [-0.3, -0.25) is 9.25 Å². The molecule has 6 heteroatoms. The molecule has 1 aromatic rings. The molecule has 0 unspecified atom stereocenters. The fourth-order valence-electron chi connectivity index (χ4n) is 0.726. The van der Waals surface area contributed by atoms with Crippen molar-refractivity contribution in [3.05, 3.63) is 18.5 Å². The van der Waals surface area contributed by atoms with Crippen LogP contribution in [0.15, 0.2) is 18.5 Å². The van der Waals surface area contributed by atoms with Crippen molar-refractivity contribution >= 4 is 7.60 Å². The first-order valence-corrected chi connectivity index (χ1v) is 5.03. The van der Waals surface area contributed by atoms with Gasteiger partial charge in [-0.15, -0.1) is 0 Å². The Morgan fingerprint density at radius 1 is 1.50 bits per heavy atom. The van der Waals surface area contributed by atoms with Crippen LogP contribution in [0.1, 0.15) is 13.8 Å². The highest BCUT2D eigenvalue weighted by Gasteiger charge is 2.39. The Labute approximate surface area is 70.2 Å². The van der Waals surface area contributed by atoms with E-state index in [0.29, 0.717) is 0 Å². The molecule has 5 nitrogen and oxygen atoms in total. The molecule has 0 aliphatic carbocycles. The predicted octanol–water partition coefficient (Wildman–Crippen LogP) is 0.753. The highest BCUT2D eigenvalue weighted by molar-refractivity contribution is 7.52. The smallest absolute Gasteiger partial charge is 0.323 e. The van der Waals surface area contributed by atoms with E-state index in [-0.39, 0.29) is 0 Å². The third-order valence-electron chi connectivity index (χ3n) is 1.78. The van der Waals surface area contributed by atoms with Crippen LogP contribution in [0.4, 0.5) is 0 Å². The summed E-state index contributed by atoms with van der Waals surface area (Å²) in [6, 6.07) is 1.62. The molecule has 0 fully saturated rings. The Morgan fingerprint density at radius 3 is 2.42 bits per heavy atom. The first-order chi connectivity index (χ1) is 5.36. The van der Waals surface area contributed by atoms with Crippen LogP contribution in [0.2, 0.25) is 0 Å². The minimum Gasteiger partial charge on any atom is -0.323 e. The van der Waals surface area contributed by atoms with Crippen LogP contribution in [0, 0.1) is 0 Å². The Hall–Kier alpha value is -0.640. The molecule has 0 saturated carbocycles. The Morgan fingerprint density at radius 2 is 2.08 bits per heavy atom. The maximum Gasteiger partial charge on any atom is 0.352 e. The highest BCUT2D eigenvalue weighted by atomic mass is 31.2. The minimum atomic E-state index is -4.16. The minimum absolute atomic E-state index is 1.26. The molecule has 1 heterocycles. The number of nitrogens with zero attached hydrogens (tertiary/aromatic N) is 2. The van der Waals surface area contributed by atoms with Gasteiger partial charge in [0, 0.05) is 12.4 Å². The van der Waals surface area contributed by atoms with E-state index in [4.69, 9.17) is 9.79 Å². The van der Waals surface area contributed by atoms with Gasteiger partial charge in [0.2, 0.25) is 0 Å². The van der Waals surface area contributed by atoms with Crippen molar-refractivity contribution in [3.8, 4) is 0 Å². The molecule has 0 bridgehead atoms. The fourth-order valence-corrected chi connectivity index (χ4v) is 1.11. The van der Waals surface area contributed by atoms with E-state index in [1.165, 1.54) is 30.9 Å². The molecule has 0 amide bonds. The van der Waals surface area contributed by atoms with Crippen LogP contribution in [0.25, 0.3) is 0 Å². The molecule has 68 valence electrons. The summed E-state index contributed by atoms with van der Waals surface area (Å²) in [4.78, 5) is 17.9. The van der Waals surface area contributed by atoms with Crippen LogP contribution < -0.4 is 0 Å². The molecule has 0 aromatic carbocycles. The Kier molecular flexibility index (Phi) is 2.12. The number of hydrogen-bond acceptors (Lipinski definition) is 2. The van der Waals surface area contributed by atoms with Crippen molar-refractivity contribution in [1.82, 2.24) is 9.78 Å². The largest absolute Gasteiger partial charge is 0.352 e. The van der Waals surface area contributed by atoms with Gasteiger partial charge in [-0.05, 0) is 19.9 Å². The first-order valence-electron chi connectivity index (χ1n) is 3.41. The molecule has 0 radical (unpaired) electrons. The number of aromatic nitrogens is 2. The summed E-state index contributed by atoms with van der Waals surface area (Å²) < 4.78 is 12.2. The second-order valence-electron chi connectivity index (χ2n) is 2.99. The van der Waals surface area contributed by atoms with E-state index in [1.807, 2.05) is 0 Å². The lowest BCUT2D eigenvalue weighted by Gasteiger charge is -2.25. The van der Waals surface area contributed by atoms with Gasteiger partial charge in [-0.1, -0.05) is 0 Å². The normalized spacial score (nSPS) is 13.3. The predicted molar refractivity (Wildman–Crippen MR) is 43.6 cm³/mol. The quantitative estimate of drug-likeness (QED) is 0.675. The molecule has 0 aliphatic heterocycles. The molecule has 0 saturated heterocycles. The Balaban J connectivity index is 3.11. The van der Waals surface area contributed by atoms with Gasteiger partial charge in [0.05, 0.1) is 0 Å². The molecule has 1 aromatic heterocycles. The molecular formula is C6H11N2O3P. The highest BCUT2D eigenvalue weighted by Crippen LogP contribution is 2.52. The Bertz CT molecular complexity index is 301. The third-order valence-corrected chi connectivity index (χ3v) is 3.41. The summed E-state index contributed by atoms with van der Waals surface area (Å²) in [5, 5.41) is 2.51. The van der Waals surface area contributed by atoms with Crippen molar-refractivity contribution in [1.29, 1.82) is 0 Å². The SMILES string of the molecule is CC(C)(n1cccn1)P(=O)(O)O. The molecular weight excluding hydrogens is 179 g/mol. The second kappa shape index (κ2) is 2.69. The average Bonchev–Trinajstić information content (AvgIpc) is 2.34. The summed E-state index contributed by atoms with van der Waals surface area (Å²) in [6.07, 6.45) is 3.01. The van der Waals surface area contributed by atoms with Crippen molar-refractivity contribution in [2.75, 3.05) is 0 Å². The van der Waals surface area contributed by atoms with E-state index in [1.54, 1.807) is 6.07 Å². The summed E-state index contributed by atoms with van der Waals surface area (Å²) >= 11 is 0. The van der Waals surface area contributed by atoms with Crippen molar-refractivity contribution in [2.45, 2.75) is 19.1 Å². The van der Waals surface area contributed by atoms with Crippen molar-refractivity contribution in [3.63, 3.8) is 0 Å². The maximum absolute atomic E-state index is 11.0. The van der Waals surface area contributed by atoms with Crippen molar-refractivity contribution < 1.29 is 14.4 Å². The zero-order valence-electron chi connectivity index (χ0n) is 6.88. The van der Waals surface area contributed by atoms with E-state index in [9.17, 15) is 4.57 Å². The lowest BCUT2D eigenvalue weighted by atomic mass is 10.4. The third kappa shape index (κ3) is 1.43. The monoisotopic (exact) mass is 190 g/mol. The van der Waals surface area contributed by atoms with Gasteiger partial charge in [0.15, 0.2) is 5.28 Å². The fraction of sp³-hybridized carbons (Fsp3) is 0.500. The van der Waals surface area contributed by atoms with Crippen molar-refractivity contribution in [2.24, 2.45) is 0 Å². The summed E-state index contributed by atoms with van der Waals surface area (Å²) in [5.41, 5.74) is 0. The molecule has 0 aliphatic rings. The molecule has 0 spiro atoms. The molecule has 1 rings (SSSR count). The van der Waals surface area contributed by atoms with Gasteiger partial charge in [0.25, 0.3) is 0 Å². The molecule has 2 N–H and O–H groups in total. The molecule has 0 atom stereocenters. The van der Waals surface area contributed by atoms with Gasteiger partial charge in [-0.2, -0.15) is 5.10 Å². The van der Waals surface area contributed by atoms with Crippen LogP contribution in [0.3, 0.4) is 0 Å². The first kappa shape index (κ1) is 9.45. The summed E-state index contributed by atoms with van der Waals surface area (Å²) in [7, 11) is -4.16. The van der Waals surface area contributed by atoms with Gasteiger partial charge in [0.1, 0.15) is 0 Å². The average molecular weight is 190 g/mol. The van der Waals surface area contributed by atoms with Gasteiger partial charge >= 0.3 is 7.60 Å². The standard InChI is InChI=1S/C6H11N2O3P/c1-6(2,12(9,10)11)8-5-3-4-7-8/h3-5H,1-2H3,(H2,9,10,11). The zero-order valence-corrected chi connectivity index (χ0v) is 7.77. The van der Waals surface area contributed by atoms with Gasteiger partial charge in [-0.25, -0.2) is 0 Å². The van der Waals surface area contributed by atoms with Crippen LogP contribution >= 0.6 is 7.60 Å². The lowest BCUT2D eigenvalue weighted by Crippen LogP contribution is -2.26. The topological polar surface area (TPSA) is 75.4 Å². The van der Waals surface area contributed by atoms with Crippen LogP contribution in [-0.2, 0) is 9.85 Å². The van der Waals surface area contributed by atoms with E-state index in [0.717, 1.165) is 0 Å². The zero-order chi connectivity index (χ0) is 9.41. The van der Waals surface area contributed by atoms with E-state index in [2.05, 4.69) is 5.10 Å². The van der Waals surface area contributed by atoms with Crippen LogP contribution in [-0.4, -0.2) is 19.6 Å². The summed E-state index contributed by atoms with van der Waals surface area (Å²) in [6.45, 7) is 2.89. The van der Waals surface area contributed by atoms with E-state index >= 15 is 0 Å². The lowest BCUT2D eigenvalue weighted by molar-refractivity contribution is 0.291. The summed E-state index contributed by atoms with van der Waals surface area (Å²) in [5.74, 6) is 0. The second-order valence-corrected chi connectivity index (χ2v) is 5.17. The number of rotatable bonds is 2. The number of hydrogen-bond donors (Lipinski definition) is 2. The van der Waals surface area contributed by atoms with Crippen LogP contribution in [0.5, 0.6) is 0 Å². The van der Waals surface area contributed by atoms with Gasteiger partial charge < -0.3 is 9.79 Å². The van der Waals surface area contributed by atoms with E-state index < -0.39 is 12.9 Å².